The van der Waals surface area contributed by atoms with E-state index in [1.165, 1.54) is 24.8 Å². The van der Waals surface area contributed by atoms with Crippen LogP contribution in [0.2, 0.25) is 0 Å². The van der Waals surface area contributed by atoms with Gasteiger partial charge in [0.2, 0.25) is 0 Å². The van der Waals surface area contributed by atoms with Crippen LogP contribution >= 0.6 is 0 Å². The summed E-state index contributed by atoms with van der Waals surface area (Å²) < 4.78 is 5.89. The molecule has 0 heterocycles. The van der Waals surface area contributed by atoms with Crippen molar-refractivity contribution in [3.05, 3.63) is 35.9 Å². The van der Waals surface area contributed by atoms with Crippen molar-refractivity contribution >= 4 is 0 Å². The average Bonchev–Trinajstić information content (AvgIpc) is 3.29. The maximum absolute atomic E-state index is 6.45. The van der Waals surface area contributed by atoms with Gasteiger partial charge in [0.25, 0.3) is 0 Å². The smallest absolute Gasteiger partial charge is 0.0756 e. The minimum absolute atomic E-state index is 0.225. The normalized spacial score (nSPS) is 29.9. The van der Waals surface area contributed by atoms with Crippen LogP contribution in [0.4, 0.5) is 0 Å². The molecule has 0 radical (unpaired) electrons. The number of nitrogens with two attached hydrogens (primary N) is 1. The van der Waals surface area contributed by atoms with Crippen LogP contribution in [0, 0.1) is 11.8 Å². The predicted octanol–water partition coefficient (Wildman–Crippen LogP) is 2.93. The lowest BCUT2D eigenvalue weighted by Gasteiger charge is -2.24. The van der Waals surface area contributed by atoms with E-state index in [1.807, 2.05) is 0 Å². The van der Waals surface area contributed by atoms with Gasteiger partial charge in [-0.05, 0) is 49.5 Å². The van der Waals surface area contributed by atoms with Crippen LogP contribution in [0.1, 0.15) is 37.7 Å². The molecule has 0 saturated heterocycles. The standard InChI is InChI=1S/C16H23NO/c1-2-18-16(12-8-9-12)15(17)14-10-13(14)11-6-4-3-5-7-11/h3-7,12-16H,2,8-10,17H2,1H3. The highest BCUT2D eigenvalue weighted by molar-refractivity contribution is 5.27. The van der Waals surface area contributed by atoms with Crippen molar-refractivity contribution in [2.45, 2.75) is 44.2 Å². The summed E-state index contributed by atoms with van der Waals surface area (Å²) in [6, 6.07) is 11.0. The zero-order chi connectivity index (χ0) is 12.5. The molecule has 0 bridgehead atoms. The Morgan fingerprint density at radius 3 is 2.61 bits per heavy atom. The Hall–Kier alpha value is -0.860. The molecule has 2 saturated carbocycles. The van der Waals surface area contributed by atoms with Crippen LogP contribution in [-0.4, -0.2) is 18.8 Å². The molecular formula is C16H23NO. The molecule has 3 rings (SSSR count). The van der Waals surface area contributed by atoms with E-state index in [9.17, 15) is 0 Å². The summed E-state index contributed by atoms with van der Waals surface area (Å²) in [5.41, 5.74) is 7.90. The maximum Gasteiger partial charge on any atom is 0.0756 e. The van der Waals surface area contributed by atoms with Crippen molar-refractivity contribution in [2.24, 2.45) is 17.6 Å². The van der Waals surface area contributed by atoms with E-state index >= 15 is 0 Å². The first-order valence-corrected chi connectivity index (χ1v) is 7.23. The summed E-state index contributed by atoms with van der Waals surface area (Å²) >= 11 is 0. The van der Waals surface area contributed by atoms with Crippen LogP contribution in [0.25, 0.3) is 0 Å². The van der Waals surface area contributed by atoms with Crippen LogP contribution in [-0.2, 0) is 4.74 Å². The minimum atomic E-state index is 0.225. The summed E-state index contributed by atoms with van der Waals surface area (Å²) in [5.74, 6) is 2.03. The fraction of sp³-hybridized carbons (Fsp3) is 0.625. The lowest BCUT2D eigenvalue weighted by molar-refractivity contribution is 0.0232. The summed E-state index contributed by atoms with van der Waals surface area (Å²) in [4.78, 5) is 0. The third kappa shape index (κ3) is 2.45. The molecule has 98 valence electrons. The van der Waals surface area contributed by atoms with Crippen molar-refractivity contribution in [1.82, 2.24) is 0 Å². The average molecular weight is 245 g/mol. The van der Waals surface area contributed by atoms with Crippen LogP contribution in [0.5, 0.6) is 0 Å². The van der Waals surface area contributed by atoms with Crippen LogP contribution < -0.4 is 5.73 Å². The van der Waals surface area contributed by atoms with Crippen molar-refractivity contribution in [3.63, 3.8) is 0 Å². The molecule has 1 aromatic carbocycles. The first-order valence-electron chi connectivity index (χ1n) is 7.23. The van der Waals surface area contributed by atoms with E-state index in [0.29, 0.717) is 17.9 Å². The van der Waals surface area contributed by atoms with Gasteiger partial charge in [0, 0.05) is 12.6 Å². The second-order valence-corrected chi connectivity index (χ2v) is 5.75. The molecule has 0 amide bonds. The van der Waals surface area contributed by atoms with Gasteiger partial charge in [-0.15, -0.1) is 0 Å². The van der Waals surface area contributed by atoms with E-state index in [0.717, 1.165) is 12.5 Å². The fourth-order valence-corrected chi connectivity index (χ4v) is 3.15. The molecule has 2 heteroatoms. The van der Waals surface area contributed by atoms with Gasteiger partial charge in [0.05, 0.1) is 6.10 Å². The highest BCUT2D eigenvalue weighted by Crippen LogP contribution is 2.51. The summed E-state index contributed by atoms with van der Waals surface area (Å²) in [7, 11) is 0. The van der Waals surface area contributed by atoms with Crippen molar-refractivity contribution in [3.8, 4) is 0 Å². The fourth-order valence-electron chi connectivity index (χ4n) is 3.15. The Morgan fingerprint density at radius 1 is 1.28 bits per heavy atom. The summed E-state index contributed by atoms with van der Waals surface area (Å²) in [6.45, 7) is 2.86. The highest BCUT2D eigenvalue weighted by Gasteiger charge is 2.48. The highest BCUT2D eigenvalue weighted by atomic mass is 16.5. The molecule has 1 aromatic rings. The molecule has 2 aliphatic carbocycles. The number of rotatable bonds is 6. The number of hydrogen-bond acceptors (Lipinski definition) is 2. The molecule has 18 heavy (non-hydrogen) atoms. The Labute approximate surface area is 110 Å². The van der Waals surface area contributed by atoms with Crippen molar-refractivity contribution in [1.29, 1.82) is 0 Å². The van der Waals surface area contributed by atoms with E-state index in [4.69, 9.17) is 10.5 Å². The number of ether oxygens (including phenoxy) is 1. The van der Waals surface area contributed by atoms with Gasteiger partial charge in [-0.1, -0.05) is 30.3 Å². The Bertz CT molecular complexity index is 387. The molecule has 2 fully saturated rings. The molecule has 2 nitrogen and oxygen atoms in total. The third-order valence-corrected chi connectivity index (χ3v) is 4.39. The van der Waals surface area contributed by atoms with Gasteiger partial charge < -0.3 is 10.5 Å². The second kappa shape index (κ2) is 5.02. The molecule has 2 aliphatic rings. The van der Waals surface area contributed by atoms with E-state index in [-0.39, 0.29) is 6.04 Å². The molecule has 2 N–H and O–H groups in total. The zero-order valence-corrected chi connectivity index (χ0v) is 11.1. The molecular weight excluding hydrogens is 222 g/mol. The largest absolute Gasteiger partial charge is 0.377 e. The van der Waals surface area contributed by atoms with Crippen molar-refractivity contribution < 1.29 is 4.74 Å². The Kier molecular flexibility index (Phi) is 3.40. The molecule has 4 unspecified atom stereocenters. The monoisotopic (exact) mass is 245 g/mol. The molecule has 4 atom stereocenters. The van der Waals surface area contributed by atoms with Gasteiger partial charge in [-0.2, -0.15) is 0 Å². The Morgan fingerprint density at radius 2 is 2.00 bits per heavy atom. The maximum atomic E-state index is 6.45. The lowest BCUT2D eigenvalue weighted by Crippen LogP contribution is -2.40. The van der Waals surface area contributed by atoms with Gasteiger partial charge in [0.1, 0.15) is 0 Å². The zero-order valence-electron chi connectivity index (χ0n) is 11.1. The third-order valence-electron chi connectivity index (χ3n) is 4.39. The SMILES string of the molecule is CCOC(C1CC1)C(N)C1CC1c1ccccc1. The molecule has 0 aromatic heterocycles. The topological polar surface area (TPSA) is 35.2 Å². The number of benzene rings is 1. The first kappa shape index (κ1) is 12.2. The number of hydrogen-bond donors (Lipinski definition) is 1. The van der Waals surface area contributed by atoms with E-state index in [2.05, 4.69) is 37.3 Å². The second-order valence-electron chi connectivity index (χ2n) is 5.75. The Balaban J connectivity index is 1.62. The van der Waals surface area contributed by atoms with E-state index < -0.39 is 0 Å². The lowest BCUT2D eigenvalue weighted by atomic mass is 9.99. The van der Waals surface area contributed by atoms with Gasteiger partial charge in [0.15, 0.2) is 0 Å². The minimum Gasteiger partial charge on any atom is -0.377 e. The van der Waals surface area contributed by atoms with Crippen LogP contribution in [0.3, 0.4) is 0 Å². The molecule has 0 aliphatic heterocycles. The summed E-state index contributed by atoms with van der Waals surface area (Å²) in [6.07, 6.45) is 4.15. The van der Waals surface area contributed by atoms with Crippen LogP contribution in [0.15, 0.2) is 30.3 Å². The van der Waals surface area contributed by atoms with Crippen molar-refractivity contribution in [2.75, 3.05) is 6.61 Å². The van der Waals surface area contributed by atoms with Gasteiger partial charge in [-0.3, -0.25) is 0 Å². The quantitative estimate of drug-likeness (QED) is 0.836. The first-order chi connectivity index (χ1) is 8.81. The van der Waals surface area contributed by atoms with Gasteiger partial charge in [-0.25, -0.2) is 0 Å². The predicted molar refractivity (Wildman–Crippen MR) is 73.4 cm³/mol. The molecule has 0 spiro atoms. The van der Waals surface area contributed by atoms with E-state index in [1.54, 1.807) is 0 Å². The summed E-state index contributed by atoms with van der Waals surface area (Å²) in [5, 5.41) is 0. The van der Waals surface area contributed by atoms with Gasteiger partial charge >= 0.3 is 0 Å².